The molecule has 2 amide bonds. The van der Waals surface area contributed by atoms with Gasteiger partial charge in [0, 0.05) is 6.84 Å². The van der Waals surface area contributed by atoms with Crippen molar-refractivity contribution >= 4 is 57.0 Å². The Morgan fingerprint density at radius 3 is 1.53 bits per heavy atom. The van der Waals surface area contributed by atoms with E-state index in [0.29, 0.717) is 0 Å². The van der Waals surface area contributed by atoms with Crippen LogP contribution in [0.15, 0.2) is 0 Å². The SMILES string of the molecule is O=C1NC(=O)C23CC4(I)CC12CC4(I)C3. The molecule has 5 heteroatoms. The summed E-state index contributed by atoms with van der Waals surface area (Å²) < 4.78 is 0.386. The Balaban J connectivity index is 2.05. The van der Waals surface area contributed by atoms with Gasteiger partial charge in [0.1, 0.15) is 0 Å². The number of rotatable bonds is 0. The monoisotopic (exact) mass is 429 g/mol. The molecule has 4 bridgehead atoms. The summed E-state index contributed by atoms with van der Waals surface area (Å²) in [6, 6.07) is 0. The fourth-order valence-corrected chi connectivity index (χ4v) is 7.94. The second kappa shape index (κ2) is 2.13. The van der Waals surface area contributed by atoms with Gasteiger partial charge in [-0.3, -0.25) is 14.9 Å². The van der Waals surface area contributed by atoms with Crippen molar-refractivity contribution in [2.24, 2.45) is 10.8 Å². The Labute approximate surface area is 114 Å². The number of carbonyl (C=O) groups excluding carboxylic acids is 2. The van der Waals surface area contributed by atoms with Gasteiger partial charge in [0.05, 0.1) is 10.8 Å². The van der Waals surface area contributed by atoms with Crippen molar-refractivity contribution in [2.75, 3.05) is 0 Å². The normalized spacial score (nSPS) is 64.1. The molecule has 4 saturated carbocycles. The molecule has 0 radical (unpaired) electrons. The highest BCUT2D eigenvalue weighted by Crippen LogP contribution is 2.85. The molecule has 2 spiro atoms. The first-order chi connectivity index (χ1) is 6.88. The van der Waals surface area contributed by atoms with Gasteiger partial charge in [0.2, 0.25) is 11.8 Å². The highest BCUT2D eigenvalue weighted by molar-refractivity contribution is 14.1. The van der Waals surface area contributed by atoms with E-state index in [9.17, 15) is 9.59 Å². The van der Waals surface area contributed by atoms with Gasteiger partial charge in [-0.25, -0.2) is 0 Å². The summed E-state index contributed by atoms with van der Waals surface area (Å²) in [5.74, 6) is 0.0316. The maximum atomic E-state index is 12.0. The Bertz CT molecular complexity index is 393. The van der Waals surface area contributed by atoms with Gasteiger partial charge in [-0.1, -0.05) is 45.2 Å². The molecule has 1 saturated heterocycles. The van der Waals surface area contributed by atoms with Crippen molar-refractivity contribution in [3.63, 3.8) is 0 Å². The van der Waals surface area contributed by atoms with Crippen LogP contribution >= 0.6 is 45.2 Å². The van der Waals surface area contributed by atoms with Crippen molar-refractivity contribution < 1.29 is 9.59 Å². The van der Waals surface area contributed by atoms with E-state index in [0.717, 1.165) is 25.7 Å². The lowest BCUT2D eigenvalue weighted by molar-refractivity contribution is -0.129. The first kappa shape index (κ1) is 9.61. The summed E-state index contributed by atoms with van der Waals surface area (Å²) in [7, 11) is 0. The third-order valence-corrected chi connectivity index (χ3v) is 9.77. The van der Waals surface area contributed by atoms with E-state index in [4.69, 9.17) is 0 Å². The standard InChI is InChI=1S/C10H9I2NO2/c11-9-1-7-2-10(9,12)4-8(7,3-9)6(15)13-5(7)14/h1-4H2,(H,13,14,15). The summed E-state index contributed by atoms with van der Waals surface area (Å²) in [4.78, 5) is 24.0. The number of alkyl halides is 2. The Morgan fingerprint density at radius 2 is 1.20 bits per heavy atom. The number of carbonyl (C=O) groups is 2. The molecular weight excluding hydrogens is 420 g/mol. The number of halogens is 2. The van der Waals surface area contributed by atoms with Crippen LogP contribution in [0.4, 0.5) is 0 Å². The van der Waals surface area contributed by atoms with Crippen LogP contribution in [0, 0.1) is 10.8 Å². The molecule has 1 heterocycles. The van der Waals surface area contributed by atoms with E-state index in [-0.39, 0.29) is 29.5 Å². The van der Waals surface area contributed by atoms with Gasteiger partial charge in [0.15, 0.2) is 0 Å². The van der Waals surface area contributed by atoms with Gasteiger partial charge in [-0.2, -0.15) is 0 Å². The first-order valence-corrected chi connectivity index (χ1v) is 7.27. The predicted molar refractivity (Wildman–Crippen MR) is 70.0 cm³/mol. The average molecular weight is 429 g/mol. The molecule has 0 aromatic carbocycles. The minimum Gasteiger partial charge on any atom is -0.295 e. The van der Waals surface area contributed by atoms with Crippen LogP contribution in [0.1, 0.15) is 25.7 Å². The number of hydrogen-bond acceptors (Lipinski definition) is 2. The summed E-state index contributed by atoms with van der Waals surface area (Å²) in [6.45, 7) is 0. The summed E-state index contributed by atoms with van der Waals surface area (Å²) >= 11 is 5.03. The maximum Gasteiger partial charge on any atom is 0.233 e. The average Bonchev–Trinajstić information content (AvgIpc) is 2.67. The fraction of sp³-hybridized carbons (Fsp3) is 0.800. The summed E-state index contributed by atoms with van der Waals surface area (Å²) in [6.07, 6.45) is 3.67. The largest absolute Gasteiger partial charge is 0.295 e. The third-order valence-electron chi connectivity index (χ3n) is 5.14. The van der Waals surface area contributed by atoms with Crippen molar-refractivity contribution in [2.45, 2.75) is 32.5 Å². The lowest BCUT2D eigenvalue weighted by Crippen LogP contribution is -2.35. The Morgan fingerprint density at radius 1 is 0.867 bits per heavy atom. The molecule has 3 nitrogen and oxygen atoms in total. The smallest absolute Gasteiger partial charge is 0.233 e. The predicted octanol–water partition coefficient (Wildman–Crippen LogP) is 1.56. The van der Waals surface area contributed by atoms with Crippen LogP contribution in [-0.4, -0.2) is 18.7 Å². The van der Waals surface area contributed by atoms with Crippen LogP contribution in [0.25, 0.3) is 0 Å². The maximum absolute atomic E-state index is 12.0. The van der Waals surface area contributed by atoms with Gasteiger partial charge in [-0.05, 0) is 25.7 Å². The third kappa shape index (κ3) is 0.675. The molecule has 0 aromatic rings. The lowest BCUT2D eigenvalue weighted by Gasteiger charge is -2.29. The van der Waals surface area contributed by atoms with E-state index in [1.807, 2.05) is 0 Å². The molecule has 1 aliphatic heterocycles. The summed E-state index contributed by atoms with van der Waals surface area (Å²) in [5, 5.41) is 2.57. The minimum absolute atomic E-state index is 0.0158. The second-order valence-corrected chi connectivity index (χ2v) is 9.72. The van der Waals surface area contributed by atoms with Crippen LogP contribution in [0.2, 0.25) is 0 Å². The Kier molecular flexibility index (Phi) is 1.37. The molecule has 0 atom stereocenters. The van der Waals surface area contributed by atoms with E-state index < -0.39 is 0 Å². The molecule has 5 aliphatic rings. The number of nitrogens with one attached hydrogen (secondary N) is 1. The quantitative estimate of drug-likeness (QED) is 0.361. The molecule has 5 fully saturated rings. The molecule has 15 heavy (non-hydrogen) atoms. The van der Waals surface area contributed by atoms with Crippen molar-refractivity contribution in [3.8, 4) is 0 Å². The summed E-state index contributed by atoms with van der Waals surface area (Å²) in [5.41, 5.74) is -0.654. The van der Waals surface area contributed by atoms with Crippen molar-refractivity contribution in [1.29, 1.82) is 0 Å². The fourth-order valence-electron chi connectivity index (χ4n) is 4.57. The van der Waals surface area contributed by atoms with Crippen LogP contribution < -0.4 is 5.32 Å². The molecule has 4 aliphatic carbocycles. The van der Waals surface area contributed by atoms with Crippen LogP contribution in [0.5, 0.6) is 0 Å². The first-order valence-electron chi connectivity index (χ1n) is 5.11. The van der Waals surface area contributed by atoms with E-state index in [2.05, 4.69) is 50.5 Å². The highest BCUT2D eigenvalue weighted by Gasteiger charge is 2.89. The van der Waals surface area contributed by atoms with Gasteiger partial charge >= 0.3 is 0 Å². The van der Waals surface area contributed by atoms with E-state index in [1.165, 1.54) is 0 Å². The zero-order valence-corrected chi connectivity index (χ0v) is 12.2. The van der Waals surface area contributed by atoms with E-state index >= 15 is 0 Å². The number of hydrogen-bond donors (Lipinski definition) is 1. The zero-order valence-electron chi connectivity index (χ0n) is 7.90. The molecule has 80 valence electrons. The number of amides is 2. The zero-order chi connectivity index (χ0) is 10.7. The van der Waals surface area contributed by atoms with Gasteiger partial charge in [-0.15, -0.1) is 0 Å². The lowest BCUT2D eigenvalue weighted by atomic mass is 9.70. The number of imide groups is 1. The topological polar surface area (TPSA) is 46.2 Å². The van der Waals surface area contributed by atoms with Gasteiger partial charge in [0.25, 0.3) is 0 Å². The Hall–Kier alpha value is 0.600. The van der Waals surface area contributed by atoms with Crippen molar-refractivity contribution in [3.05, 3.63) is 0 Å². The van der Waals surface area contributed by atoms with Crippen molar-refractivity contribution in [1.82, 2.24) is 5.32 Å². The molecular formula is C10H9I2NO2. The second-order valence-electron chi connectivity index (χ2n) is 5.59. The molecule has 1 N–H and O–H groups in total. The van der Waals surface area contributed by atoms with Crippen LogP contribution in [-0.2, 0) is 9.59 Å². The molecule has 0 aromatic heterocycles. The van der Waals surface area contributed by atoms with E-state index in [1.54, 1.807) is 0 Å². The highest BCUT2D eigenvalue weighted by atomic mass is 127. The van der Waals surface area contributed by atoms with Gasteiger partial charge < -0.3 is 0 Å². The van der Waals surface area contributed by atoms with Crippen LogP contribution in [0.3, 0.4) is 0 Å². The molecule has 0 unspecified atom stereocenters. The minimum atomic E-state index is -0.327. The molecule has 5 rings (SSSR count).